The Labute approximate surface area is 151 Å². The van der Waals surface area contributed by atoms with E-state index in [1.54, 1.807) is 11.3 Å². The minimum absolute atomic E-state index is 0.0119. The molecule has 2 amide bonds. The van der Waals surface area contributed by atoms with Crippen molar-refractivity contribution in [3.63, 3.8) is 0 Å². The second kappa shape index (κ2) is 7.39. The molecule has 2 N–H and O–H groups in total. The van der Waals surface area contributed by atoms with Gasteiger partial charge in [0.05, 0.1) is 10.2 Å². The predicted octanol–water partition coefficient (Wildman–Crippen LogP) is 3.00. The molecule has 1 fully saturated rings. The summed E-state index contributed by atoms with van der Waals surface area (Å²) in [5, 5.41) is 6.67. The standard InChI is InChI=1S/C18H24N4O2S/c1-11(2)16(19-12(3)23)17(24)20-13-6-7-14-15(10-13)25-18(21-14)22-8-4-5-9-22/h6-7,10-11,16H,4-5,8-9H2,1-3H3,(H,19,23)(H,20,24)/t16-/m0/s1. The van der Waals surface area contributed by atoms with Crippen LogP contribution in [0.1, 0.15) is 33.6 Å². The van der Waals surface area contributed by atoms with E-state index in [2.05, 4.69) is 15.5 Å². The van der Waals surface area contributed by atoms with E-state index >= 15 is 0 Å². The highest BCUT2D eigenvalue weighted by molar-refractivity contribution is 7.22. The number of aromatic nitrogens is 1. The van der Waals surface area contributed by atoms with Gasteiger partial charge in [0.2, 0.25) is 11.8 Å². The third-order valence-electron chi connectivity index (χ3n) is 4.33. The molecule has 7 heteroatoms. The molecule has 2 aromatic rings. The Morgan fingerprint density at radius 2 is 1.96 bits per heavy atom. The second-order valence-corrected chi connectivity index (χ2v) is 7.79. The van der Waals surface area contributed by atoms with E-state index in [9.17, 15) is 9.59 Å². The molecule has 0 bridgehead atoms. The van der Waals surface area contributed by atoms with Gasteiger partial charge in [-0.1, -0.05) is 25.2 Å². The van der Waals surface area contributed by atoms with Gasteiger partial charge in [0.1, 0.15) is 6.04 Å². The summed E-state index contributed by atoms with van der Waals surface area (Å²) in [6.07, 6.45) is 2.44. The highest BCUT2D eigenvalue weighted by atomic mass is 32.1. The van der Waals surface area contributed by atoms with Gasteiger partial charge in [-0.25, -0.2) is 4.98 Å². The van der Waals surface area contributed by atoms with Crippen molar-refractivity contribution in [2.24, 2.45) is 5.92 Å². The van der Waals surface area contributed by atoms with Gasteiger partial charge >= 0.3 is 0 Å². The van der Waals surface area contributed by atoms with Crippen molar-refractivity contribution < 1.29 is 9.59 Å². The van der Waals surface area contributed by atoms with Crippen LogP contribution in [-0.2, 0) is 9.59 Å². The van der Waals surface area contributed by atoms with Crippen molar-refractivity contribution in [2.45, 2.75) is 39.7 Å². The molecule has 25 heavy (non-hydrogen) atoms. The molecule has 0 saturated carbocycles. The first-order chi connectivity index (χ1) is 11.9. The fraction of sp³-hybridized carbons (Fsp3) is 0.500. The van der Waals surface area contributed by atoms with E-state index in [0.29, 0.717) is 0 Å². The van der Waals surface area contributed by atoms with Crippen LogP contribution in [0.2, 0.25) is 0 Å². The molecule has 6 nitrogen and oxygen atoms in total. The lowest BCUT2D eigenvalue weighted by atomic mass is 10.0. The summed E-state index contributed by atoms with van der Waals surface area (Å²) in [6.45, 7) is 7.38. The second-order valence-electron chi connectivity index (χ2n) is 6.78. The zero-order valence-electron chi connectivity index (χ0n) is 14.8. The Hall–Kier alpha value is -2.15. The van der Waals surface area contributed by atoms with Crippen LogP contribution in [-0.4, -0.2) is 35.9 Å². The quantitative estimate of drug-likeness (QED) is 0.860. The number of rotatable bonds is 5. The normalized spacial score (nSPS) is 15.6. The predicted molar refractivity (Wildman–Crippen MR) is 102 cm³/mol. The number of carbonyl (C=O) groups is 2. The van der Waals surface area contributed by atoms with Gasteiger partial charge in [-0.3, -0.25) is 9.59 Å². The Kier molecular flexibility index (Phi) is 5.22. The Bertz CT molecular complexity index is 780. The number of anilines is 2. The van der Waals surface area contributed by atoms with Gasteiger partial charge in [-0.05, 0) is 37.0 Å². The van der Waals surface area contributed by atoms with Crippen molar-refractivity contribution in [1.29, 1.82) is 0 Å². The highest BCUT2D eigenvalue weighted by Crippen LogP contribution is 2.32. The van der Waals surface area contributed by atoms with Crippen molar-refractivity contribution >= 4 is 44.2 Å². The largest absolute Gasteiger partial charge is 0.348 e. The number of nitrogens with zero attached hydrogens (tertiary/aromatic N) is 2. The number of carbonyl (C=O) groups excluding carboxylic acids is 2. The van der Waals surface area contributed by atoms with Gasteiger partial charge in [0, 0.05) is 25.7 Å². The zero-order chi connectivity index (χ0) is 18.0. The molecule has 1 aliphatic heterocycles. The monoisotopic (exact) mass is 360 g/mol. The third-order valence-corrected chi connectivity index (χ3v) is 5.41. The maximum Gasteiger partial charge on any atom is 0.247 e. The minimum atomic E-state index is -0.546. The van der Waals surface area contributed by atoms with Crippen molar-refractivity contribution in [1.82, 2.24) is 10.3 Å². The molecular formula is C18H24N4O2S. The molecule has 1 atom stereocenters. The molecular weight excluding hydrogens is 336 g/mol. The van der Waals surface area contributed by atoms with Crippen LogP contribution < -0.4 is 15.5 Å². The average Bonchev–Trinajstić information content (AvgIpc) is 3.20. The first-order valence-electron chi connectivity index (χ1n) is 8.67. The summed E-state index contributed by atoms with van der Waals surface area (Å²) in [6, 6.07) is 5.20. The number of thiazole rings is 1. The van der Waals surface area contributed by atoms with Gasteiger partial charge < -0.3 is 15.5 Å². The van der Waals surface area contributed by atoms with Gasteiger partial charge in [0.25, 0.3) is 0 Å². The van der Waals surface area contributed by atoms with Crippen LogP contribution in [0, 0.1) is 5.92 Å². The zero-order valence-corrected chi connectivity index (χ0v) is 15.7. The number of hydrogen-bond acceptors (Lipinski definition) is 5. The Morgan fingerprint density at radius 1 is 1.24 bits per heavy atom. The van der Waals surface area contributed by atoms with E-state index in [1.807, 2.05) is 32.0 Å². The molecule has 1 aromatic carbocycles. The molecule has 0 radical (unpaired) electrons. The van der Waals surface area contributed by atoms with E-state index < -0.39 is 6.04 Å². The average molecular weight is 360 g/mol. The maximum atomic E-state index is 12.5. The SMILES string of the molecule is CC(=O)N[C@H](C(=O)Nc1ccc2nc(N3CCCC3)sc2c1)C(C)C. The molecule has 1 saturated heterocycles. The molecule has 2 heterocycles. The lowest BCUT2D eigenvalue weighted by Crippen LogP contribution is -2.46. The molecule has 3 rings (SSSR count). The smallest absolute Gasteiger partial charge is 0.247 e. The van der Waals surface area contributed by atoms with Crippen LogP contribution >= 0.6 is 11.3 Å². The van der Waals surface area contributed by atoms with Crippen LogP contribution in [0.25, 0.3) is 10.2 Å². The number of benzene rings is 1. The lowest BCUT2D eigenvalue weighted by Gasteiger charge is -2.20. The third kappa shape index (κ3) is 4.10. The van der Waals surface area contributed by atoms with Crippen molar-refractivity contribution in [3.05, 3.63) is 18.2 Å². The van der Waals surface area contributed by atoms with Gasteiger partial charge in [-0.2, -0.15) is 0 Å². The molecule has 1 aromatic heterocycles. The number of nitrogens with one attached hydrogen (secondary N) is 2. The van der Waals surface area contributed by atoms with Gasteiger partial charge in [0.15, 0.2) is 5.13 Å². The minimum Gasteiger partial charge on any atom is -0.348 e. The van der Waals surface area contributed by atoms with Gasteiger partial charge in [-0.15, -0.1) is 0 Å². The summed E-state index contributed by atoms with van der Waals surface area (Å²) in [5.41, 5.74) is 1.68. The Morgan fingerprint density at radius 3 is 2.60 bits per heavy atom. The molecule has 134 valence electrons. The summed E-state index contributed by atoms with van der Waals surface area (Å²) in [7, 11) is 0. The fourth-order valence-electron chi connectivity index (χ4n) is 3.01. The Balaban J connectivity index is 1.76. The first kappa shape index (κ1) is 17.7. The summed E-state index contributed by atoms with van der Waals surface area (Å²) < 4.78 is 1.06. The van der Waals surface area contributed by atoms with Crippen LogP contribution in [0.15, 0.2) is 18.2 Å². The number of amides is 2. The molecule has 1 aliphatic rings. The van der Waals surface area contributed by atoms with Crippen LogP contribution in [0.3, 0.4) is 0 Å². The fourth-order valence-corrected chi connectivity index (χ4v) is 4.06. The molecule has 0 aliphatic carbocycles. The topological polar surface area (TPSA) is 74.3 Å². The van der Waals surface area contributed by atoms with E-state index in [1.165, 1.54) is 19.8 Å². The number of hydrogen-bond donors (Lipinski definition) is 2. The van der Waals surface area contributed by atoms with E-state index in [-0.39, 0.29) is 17.7 Å². The lowest BCUT2D eigenvalue weighted by molar-refractivity contribution is -0.126. The van der Waals surface area contributed by atoms with E-state index in [4.69, 9.17) is 4.98 Å². The van der Waals surface area contributed by atoms with Crippen molar-refractivity contribution in [2.75, 3.05) is 23.3 Å². The van der Waals surface area contributed by atoms with Crippen molar-refractivity contribution in [3.8, 4) is 0 Å². The summed E-state index contributed by atoms with van der Waals surface area (Å²) >= 11 is 1.65. The van der Waals surface area contributed by atoms with E-state index in [0.717, 1.165) is 34.1 Å². The first-order valence-corrected chi connectivity index (χ1v) is 9.49. The summed E-state index contributed by atoms with van der Waals surface area (Å²) in [5.74, 6) is -0.395. The van der Waals surface area contributed by atoms with Crippen LogP contribution in [0.4, 0.5) is 10.8 Å². The maximum absolute atomic E-state index is 12.5. The number of fused-ring (bicyclic) bond motifs is 1. The summed E-state index contributed by atoms with van der Waals surface area (Å²) in [4.78, 5) is 30.8. The van der Waals surface area contributed by atoms with Crippen LogP contribution in [0.5, 0.6) is 0 Å². The highest BCUT2D eigenvalue weighted by Gasteiger charge is 2.23. The molecule has 0 spiro atoms. The molecule has 0 unspecified atom stereocenters.